The van der Waals surface area contributed by atoms with E-state index in [1.807, 2.05) is 48.5 Å². The number of benzene rings is 2. The standard InChI is InChI=1S/C25H20N6.2ClH/c26-24(22-5-1-3-11-28-22)30-18-7-9-20-16(14-18)13-17-15-19(8-10-21(17)20)31-25(27)23-6-2-4-12-29-23;;/h1-12,14-15H,13H2,(H2,26,30)(H2,27,31);2*1H. The van der Waals surface area contributed by atoms with E-state index in [-0.39, 0.29) is 24.8 Å². The maximum Gasteiger partial charge on any atom is 0.150 e. The zero-order valence-electron chi connectivity index (χ0n) is 17.6. The van der Waals surface area contributed by atoms with E-state index < -0.39 is 0 Å². The molecule has 2 aromatic heterocycles. The Balaban J connectivity index is 0.00000153. The van der Waals surface area contributed by atoms with Crippen LogP contribution in [-0.4, -0.2) is 21.6 Å². The van der Waals surface area contributed by atoms with Crippen LogP contribution in [0.4, 0.5) is 11.4 Å². The monoisotopic (exact) mass is 476 g/mol. The Kier molecular flexibility index (Phi) is 7.43. The van der Waals surface area contributed by atoms with Gasteiger partial charge in [0.25, 0.3) is 0 Å². The van der Waals surface area contributed by atoms with Crippen LogP contribution in [0.5, 0.6) is 0 Å². The van der Waals surface area contributed by atoms with Crippen molar-refractivity contribution >= 4 is 47.9 Å². The number of rotatable bonds is 4. The number of hydrogen-bond acceptors (Lipinski definition) is 4. The second-order valence-corrected chi connectivity index (χ2v) is 7.28. The van der Waals surface area contributed by atoms with Gasteiger partial charge in [0.05, 0.1) is 11.4 Å². The predicted molar refractivity (Wildman–Crippen MR) is 138 cm³/mol. The minimum Gasteiger partial charge on any atom is -0.382 e. The molecule has 0 saturated carbocycles. The van der Waals surface area contributed by atoms with Crippen LogP contribution in [0.1, 0.15) is 22.5 Å². The Bertz CT molecular complexity index is 1220. The van der Waals surface area contributed by atoms with Crippen LogP contribution in [0, 0.1) is 0 Å². The van der Waals surface area contributed by atoms with Gasteiger partial charge in [-0.25, -0.2) is 9.98 Å². The number of halogens is 2. The number of hydrogen-bond donors (Lipinski definition) is 2. The summed E-state index contributed by atoms with van der Waals surface area (Å²) in [4.78, 5) is 17.6. The van der Waals surface area contributed by atoms with Crippen molar-refractivity contribution in [3.05, 3.63) is 108 Å². The zero-order chi connectivity index (χ0) is 21.2. The van der Waals surface area contributed by atoms with Gasteiger partial charge in [0.1, 0.15) is 23.1 Å². The van der Waals surface area contributed by atoms with Crippen molar-refractivity contribution in [1.29, 1.82) is 0 Å². The fraction of sp³-hybridized carbons (Fsp3) is 0.0400. The second kappa shape index (κ2) is 10.3. The molecule has 0 bridgehead atoms. The van der Waals surface area contributed by atoms with E-state index in [1.54, 1.807) is 12.4 Å². The molecule has 0 unspecified atom stereocenters. The topological polar surface area (TPSA) is 103 Å². The average Bonchev–Trinajstić information content (AvgIpc) is 3.17. The number of pyridine rings is 2. The highest BCUT2D eigenvalue weighted by molar-refractivity contribution is 5.98. The smallest absolute Gasteiger partial charge is 0.150 e. The van der Waals surface area contributed by atoms with Crippen LogP contribution >= 0.6 is 24.8 Å². The van der Waals surface area contributed by atoms with Gasteiger partial charge in [0.15, 0.2) is 0 Å². The normalized spacial score (nSPS) is 12.2. The third kappa shape index (κ3) is 5.03. The lowest BCUT2D eigenvalue weighted by molar-refractivity contribution is 1.24. The predicted octanol–water partition coefficient (Wildman–Crippen LogP) is 4.97. The van der Waals surface area contributed by atoms with Gasteiger partial charge >= 0.3 is 0 Å². The summed E-state index contributed by atoms with van der Waals surface area (Å²) >= 11 is 0. The number of aromatic nitrogens is 2. The summed E-state index contributed by atoms with van der Waals surface area (Å²) in [6, 6.07) is 23.5. The van der Waals surface area contributed by atoms with Crippen molar-refractivity contribution in [2.45, 2.75) is 6.42 Å². The van der Waals surface area contributed by atoms with Crippen molar-refractivity contribution < 1.29 is 0 Å². The Morgan fingerprint density at radius 1 is 0.636 bits per heavy atom. The van der Waals surface area contributed by atoms with E-state index in [9.17, 15) is 0 Å². The lowest BCUT2D eigenvalue weighted by Crippen LogP contribution is -2.14. The number of nitrogens with zero attached hydrogens (tertiary/aromatic N) is 4. The van der Waals surface area contributed by atoms with Crippen LogP contribution < -0.4 is 11.5 Å². The Morgan fingerprint density at radius 2 is 1.09 bits per heavy atom. The first-order valence-corrected chi connectivity index (χ1v) is 9.95. The van der Waals surface area contributed by atoms with Crippen molar-refractivity contribution in [3.63, 3.8) is 0 Å². The van der Waals surface area contributed by atoms with Crippen molar-refractivity contribution in [2.24, 2.45) is 21.5 Å². The van der Waals surface area contributed by atoms with Crippen molar-refractivity contribution in [3.8, 4) is 11.1 Å². The first-order valence-electron chi connectivity index (χ1n) is 9.95. The number of nitrogens with two attached hydrogens (primary N) is 2. The fourth-order valence-corrected chi connectivity index (χ4v) is 3.74. The van der Waals surface area contributed by atoms with E-state index in [1.165, 1.54) is 22.3 Å². The van der Waals surface area contributed by atoms with Gasteiger partial charge in [0, 0.05) is 12.4 Å². The van der Waals surface area contributed by atoms with Gasteiger partial charge in [-0.15, -0.1) is 24.8 Å². The maximum atomic E-state index is 6.13. The summed E-state index contributed by atoms with van der Waals surface area (Å²) in [6.07, 6.45) is 4.22. The molecule has 2 heterocycles. The first-order chi connectivity index (χ1) is 15.2. The van der Waals surface area contributed by atoms with E-state index in [0.717, 1.165) is 17.8 Å². The fourth-order valence-electron chi connectivity index (χ4n) is 3.74. The summed E-state index contributed by atoms with van der Waals surface area (Å²) in [5.74, 6) is 0.801. The molecule has 6 nitrogen and oxygen atoms in total. The van der Waals surface area contributed by atoms with E-state index in [2.05, 4.69) is 44.2 Å². The highest BCUT2D eigenvalue weighted by atomic mass is 35.5. The molecule has 0 atom stereocenters. The molecule has 4 N–H and O–H groups in total. The molecule has 4 aromatic rings. The van der Waals surface area contributed by atoms with Crippen molar-refractivity contribution in [2.75, 3.05) is 0 Å². The molecule has 0 aliphatic heterocycles. The van der Waals surface area contributed by atoms with Gasteiger partial charge in [-0.1, -0.05) is 24.3 Å². The van der Waals surface area contributed by atoms with Crippen LogP contribution in [0.3, 0.4) is 0 Å². The lowest BCUT2D eigenvalue weighted by atomic mass is 10.1. The number of amidine groups is 2. The molecule has 0 amide bonds. The molecule has 0 spiro atoms. The van der Waals surface area contributed by atoms with E-state index in [4.69, 9.17) is 11.5 Å². The minimum absolute atomic E-state index is 0. The molecule has 2 aromatic carbocycles. The van der Waals surface area contributed by atoms with Crippen molar-refractivity contribution in [1.82, 2.24) is 9.97 Å². The Labute approximate surface area is 204 Å². The molecule has 33 heavy (non-hydrogen) atoms. The molecule has 5 rings (SSSR count). The lowest BCUT2D eigenvalue weighted by Gasteiger charge is -2.04. The third-order valence-electron chi connectivity index (χ3n) is 5.20. The van der Waals surface area contributed by atoms with E-state index >= 15 is 0 Å². The van der Waals surface area contributed by atoms with Crippen LogP contribution in [0.25, 0.3) is 11.1 Å². The van der Waals surface area contributed by atoms with Crippen LogP contribution in [-0.2, 0) is 6.42 Å². The molecule has 8 heteroatoms. The summed E-state index contributed by atoms with van der Waals surface area (Å²) < 4.78 is 0. The molecular formula is C25H22Cl2N6. The Morgan fingerprint density at radius 3 is 1.48 bits per heavy atom. The van der Waals surface area contributed by atoms with Gasteiger partial charge in [-0.2, -0.15) is 0 Å². The summed E-state index contributed by atoms with van der Waals surface area (Å²) in [6.45, 7) is 0. The highest BCUT2D eigenvalue weighted by Crippen LogP contribution is 2.40. The molecule has 0 radical (unpaired) electrons. The molecular weight excluding hydrogens is 455 g/mol. The number of aliphatic imine (C=N–C) groups is 2. The summed E-state index contributed by atoms with van der Waals surface area (Å²) in [5.41, 5.74) is 20.0. The van der Waals surface area contributed by atoms with Crippen LogP contribution in [0.15, 0.2) is 95.2 Å². The molecule has 0 saturated heterocycles. The summed E-state index contributed by atoms with van der Waals surface area (Å²) in [7, 11) is 0. The maximum absolute atomic E-state index is 6.13. The molecule has 1 aliphatic rings. The third-order valence-corrected chi connectivity index (χ3v) is 5.20. The summed E-state index contributed by atoms with van der Waals surface area (Å²) in [5, 5.41) is 0. The second-order valence-electron chi connectivity index (χ2n) is 7.28. The van der Waals surface area contributed by atoms with Gasteiger partial charge in [0.2, 0.25) is 0 Å². The van der Waals surface area contributed by atoms with Gasteiger partial charge < -0.3 is 11.5 Å². The highest BCUT2D eigenvalue weighted by Gasteiger charge is 2.19. The average molecular weight is 477 g/mol. The largest absolute Gasteiger partial charge is 0.382 e. The van der Waals surface area contributed by atoms with E-state index in [0.29, 0.717) is 23.1 Å². The SMILES string of the molecule is Cl.Cl.NC(=Nc1ccc2c(c1)Cc1cc(N=C(N)c3ccccn3)ccc1-2)c1ccccn1. The molecule has 166 valence electrons. The van der Waals surface area contributed by atoms with Gasteiger partial charge in [-0.3, -0.25) is 9.97 Å². The quantitative estimate of drug-likeness (QED) is 0.282. The van der Waals surface area contributed by atoms with Gasteiger partial charge in [-0.05, 0) is 77.2 Å². The zero-order valence-corrected chi connectivity index (χ0v) is 19.2. The van der Waals surface area contributed by atoms with Crippen LogP contribution in [0.2, 0.25) is 0 Å². The molecule has 0 fully saturated rings. The molecule has 1 aliphatic carbocycles. The number of fused-ring (bicyclic) bond motifs is 3. The Hall–Kier alpha value is -3.74. The first kappa shape index (κ1) is 23.9. The minimum atomic E-state index is 0.